The van der Waals surface area contributed by atoms with E-state index in [2.05, 4.69) is 20.2 Å². The second kappa shape index (κ2) is 11.2. The van der Waals surface area contributed by atoms with Gasteiger partial charge < -0.3 is 14.6 Å². The van der Waals surface area contributed by atoms with Crippen LogP contribution >= 0.6 is 11.6 Å². The highest BCUT2D eigenvalue weighted by molar-refractivity contribution is 6.30. The van der Waals surface area contributed by atoms with Gasteiger partial charge in [0.15, 0.2) is 17.8 Å². The molecule has 16 heteroatoms. The predicted molar refractivity (Wildman–Crippen MR) is 130 cm³/mol. The first-order chi connectivity index (χ1) is 18.5. The molecule has 3 heterocycles. The lowest BCUT2D eigenvalue weighted by molar-refractivity contribution is -0.207. The highest BCUT2D eigenvalue weighted by atomic mass is 35.5. The Morgan fingerprint density at radius 1 is 1.18 bits per heavy atom. The molecule has 0 aliphatic carbocycles. The number of halogens is 4. The molecule has 0 fully saturated rings. The maximum atomic E-state index is 13.2. The van der Waals surface area contributed by atoms with Gasteiger partial charge >= 0.3 is 17.8 Å². The van der Waals surface area contributed by atoms with Crippen LogP contribution in [0.2, 0.25) is 5.02 Å². The van der Waals surface area contributed by atoms with E-state index in [1.807, 2.05) is 0 Å². The SMILES string of the molecule is CCOc1ncccc1-n1nc(Cn2nc(-c3ccc(Cl)cc3)n(CC(O)C(F)(F)F)c2=O)nc1C(=O)OC. The lowest BCUT2D eigenvalue weighted by Gasteiger charge is -2.15. The number of carbonyl (C=O) groups is 1. The zero-order valence-electron chi connectivity index (χ0n) is 20.5. The van der Waals surface area contributed by atoms with E-state index in [0.29, 0.717) is 9.59 Å². The fraction of sp³-hybridized carbons (Fsp3) is 0.304. The predicted octanol–water partition coefficient (Wildman–Crippen LogP) is 2.50. The van der Waals surface area contributed by atoms with Gasteiger partial charge in [0.2, 0.25) is 11.7 Å². The number of nitrogens with zero attached hydrogens (tertiary/aromatic N) is 7. The number of aliphatic hydroxyl groups excluding tert-OH is 1. The van der Waals surface area contributed by atoms with Crippen LogP contribution in [0.4, 0.5) is 13.2 Å². The van der Waals surface area contributed by atoms with Crippen molar-refractivity contribution in [1.82, 2.24) is 34.1 Å². The summed E-state index contributed by atoms with van der Waals surface area (Å²) in [6.45, 7) is 0.463. The monoisotopic (exact) mass is 567 g/mol. The highest BCUT2D eigenvalue weighted by Gasteiger charge is 2.39. The normalized spacial score (nSPS) is 12.4. The number of carbonyl (C=O) groups excluding carboxylic acids is 1. The summed E-state index contributed by atoms with van der Waals surface area (Å²) < 4.78 is 52.3. The minimum absolute atomic E-state index is 0.0903. The van der Waals surface area contributed by atoms with E-state index in [1.54, 1.807) is 19.1 Å². The van der Waals surface area contributed by atoms with E-state index in [9.17, 15) is 27.9 Å². The number of hydrogen-bond acceptors (Lipinski definition) is 9. The third-order valence-corrected chi connectivity index (χ3v) is 5.58. The summed E-state index contributed by atoms with van der Waals surface area (Å²) in [5.74, 6) is -1.22. The number of pyridine rings is 1. The molecule has 4 aromatic rings. The number of hydrogen-bond donors (Lipinski definition) is 1. The Bertz CT molecular complexity index is 1530. The molecule has 0 saturated heterocycles. The Hall–Kier alpha value is -4.24. The van der Waals surface area contributed by atoms with Crippen molar-refractivity contribution in [3.8, 4) is 23.0 Å². The van der Waals surface area contributed by atoms with Gasteiger partial charge in [0.05, 0.1) is 20.3 Å². The zero-order valence-corrected chi connectivity index (χ0v) is 21.2. The van der Waals surface area contributed by atoms with Crippen LogP contribution in [-0.2, 0) is 17.8 Å². The first kappa shape index (κ1) is 27.8. The van der Waals surface area contributed by atoms with Crippen LogP contribution in [0.3, 0.4) is 0 Å². The summed E-state index contributed by atoms with van der Waals surface area (Å²) in [6, 6.07) is 9.02. The topological polar surface area (TPSA) is 139 Å². The van der Waals surface area contributed by atoms with E-state index >= 15 is 0 Å². The Labute approximate surface area is 223 Å². The van der Waals surface area contributed by atoms with Crippen LogP contribution in [0.15, 0.2) is 47.4 Å². The van der Waals surface area contributed by atoms with Crippen molar-refractivity contribution < 1.29 is 32.5 Å². The molecule has 0 saturated carbocycles. The number of esters is 1. The van der Waals surface area contributed by atoms with Crippen molar-refractivity contribution in [3.05, 3.63) is 69.8 Å². The number of benzene rings is 1. The maximum absolute atomic E-state index is 13.2. The van der Waals surface area contributed by atoms with Crippen LogP contribution in [0.1, 0.15) is 23.4 Å². The van der Waals surface area contributed by atoms with Gasteiger partial charge in [-0.25, -0.2) is 28.9 Å². The number of aliphatic hydroxyl groups is 1. The van der Waals surface area contributed by atoms with Gasteiger partial charge in [0, 0.05) is 16.8 Å². The number of rotatable bonds is 9. The van der Waals surface area contributed by atoms with Crippen molar-refractivity contribution in [1.29, 1.82) is 0 Å². The number of aromatic nitrogens is 7. The van der Waals surface area contributed by atoms with Crippen molar-refractivity contribution >= 4 is 17.6 Å². The standard InChI is InChI=1S/C23H21ClF3N7O5/c1-3-39-20-15(5-4-10-28-20)34-19(21(36)38-2)29-17(30-34)12-33-22(37)32(11-16(35)23(25,26)27)18(31-33)13-6-8-14(24)9-7-13/h4-10,16,35H,3,11-12H2,1-2H3. The zero-order chi connectivity index (χ0) is 28.3. The van der Waals surface area contributed by atoms with E-state index in [1.165, 1.54) is 30.5 Å². The molecule has 0 spiro atoms. The first-order valence-corrected chi connectivity index (χ1v) is 11.7. The molecule has 1 unspecified atom stereocenters. The Kier molecular flexibility index (Phi) is 8.01. The van der Waals surface area contributed by atoms with E-state index in [4.69, 9.17) is 21.1 Å². The van der Waals surface area contributed by atoms with Crippen molar-refractivity contribution in [2.45, 2.75) is 32.3 Å². The van der Waals surface area contributed by atoms with E-state index in [-0.39, 0.29) is 41.2 Å². The maximum Gasteiger partial charge on any atom is 0.416 e. The van der Waals surface area contributed by atoms with Gasteiger partial charge in [-0.3, -0.25) is 4.57 Å². The Morgan fingerprint density at radius 3 is 2.54 bits per heavy atom. The quantitative estimate of drug-likeness (QED) is 0.302. The van der Waals surface area contributed by atoms with Crippen molar-refractivity contribution in [2.24, 2.45) is 0 Å². The molecule has 0 aliphatic heterocycles. The molecule has 12 nitrogen and oxygen atoms in total. The molecule has 0 aliphatic rings. The molecular weight excluding hydrogens is 547 g/mol. The van der Waals surface area contributed by atoms with Gasteiger partial charge in [-0.15, -0.1) is 10.2 Å². The van der Waals surface area contributed by atoms with Crippen molar-refractivity contribution in [2.75, 3.05) is 13.7 Å². The number of alkyl halides is 3. The molecule has 0 amide bonds. The number of ether oxygens (including phenoxy) is 2. The summed E-state index contributed by atoms with van der Waals surface area (Å²) in [5.41, 5.74) is -0.447. The Balaban J connectivity index is 1.79. The average molecular weight is 568 g/mol. The molecular formula is C23H21ClF3N7O5. The van der Waals surface area contributed by atoms with Crippen LogP contribution in [0.5, 0.6) is 5.88 Å². The molecule has 0 bridgehead atoms. The van der Waals surface area contributed by atoms with Gasteiger partial charge in [0.25, 0.3) is 0 Å². The smallest absolute Gasteiger partial charge is 0.416 e. The molecule has 206 valence electrons. The van der Waals surface area contributed by atoms with Gasteiger partial charge in [-0.05, 0) is 43.3 Å². The van der Waals surface area contributed by atoms with Crippen molar-refractivity contribution in [3.63, 3.8) is 0 Å². The molecule has 4 rings (SSSR count). The fourth-order valence-corrected chi connectivity index (χ4v) is 3.66. The summed E-state index contributed by atoms with van der Waals surface area (Å²) in [7, 11) is 1.14. The summed E-state index contributed by atoms with van der Waals surface area (Å²) in [6.07, 6.45) is -6.33. The Morgan fingerprint density at radius 2 is 1.90 bits per heavy atom. The summed E-state index contributed by atoms with van der Waals surface area (Å²) in [5, 5.41) is 18.5. The van der Waals surface area contributed by atoms with E-state index < -0.39 is 37.0 Å². The highest BCUT2D eigenvalue weighted by Crippen LogP contribution is 2.25. The molecule has 0 radical (unpaired) electrons. The lowest BCUT2D eigenvalue weighted by Crippen LogP contribution is -2.37. The second-order valence-corrected chi connectivity index (χ2v) is 8.39. The fourth-order valence-electron chi connectivity index (χ4n) is 3.54. The van der Waals surface area contributed by atoms with Crippen LogP contribution in [-0.4, -0.2) is 71.2 Å². The van der Waals surface area contributed by atoms with Crippen LogP contribution in [0.25, 0.3) is 17.1 Å². The minimum Gasteiger partial charge on any atom is -0.476 e. The summed E-state index contributed by atoms with van der Waals surface area (Å²) in [4.78, 5) is 33.9. The summed E-state index contributed by atoms with van der Waals surface area (Å²) >= 11 is 5.91. The van der Waals surface area contributed by atoms with Gasteiger partial charge in [-0.1, -0.05) is 11.6 Å². The molecule has 1 aromatic carbocycles. The van der Waals surface area contributed by atoms with Crippen LogP contribution < -0.4 is 10.4 Å². The van der Waals surface area contributed by atoms with Gasteiger partial charge in [0.1, 0.15) is 12.2 Å². The number of methoxy groups -OCH3 is 1. The molecule has 3 aromatic heterocycles. The molecule has 1 N–H and O–H groups in total. The first-order valence-electron chi connectivity index (χ1n) is 11.3. The molecule has 1 atom stereocenters. The van der Waals surface area contributed by atoms with E-state index in [0.717, 1.165) is 16.5 Å². The minimum atomic E-state index is -4.98. The average Bonchev–Trinajstić information content (AvgIpc) is 3.45. The second-order valence-electron chi connectivity index (χ2n) is 7.95. The third-order valence-electron chi connectivity index (χ3n) is 5.33. The largest absolute Gasteiger partial charge is 0.476 e. The molecule has 39 heavy (non-hydrogen) atoms. The third kappa shape index (κ3) is 5.93. The lowest BCUT2D eigenvalue weighted by atomic mass is 10.2. The van der Waals surface area contributed by atoms with Gasteiger partial charge in [-0.2, -0.15) is 13.2 Å². The van der Waals surface area contributed by atoms with Crippen LogP contribution in [0, 0.1) is 0 Å².